The van der Waals surface area contributed by atoms with Crippen molar-refractivity contribution in [3.63, 3.8) is 0 Å². The van der Waals surface area contributed by atoms with Gasteiger partial charge in [-0.05, 0) is 32.4 Å². The molecule has 0 aliphatic carbocycles. The molecule has 1 amide bonds. The maximum absolute atomic E-state index is 11.3. The monoisotopic (exact) mass is 240 g/mol. The van der Waals surface area contributed by atoms with Crippen LogP contribution in [-0.4, -0.2) is 18.7 Å². The molecule has 0 aromatic heterocycles. The summed E-state index contributed by atoms with van der Waals surface area (Å²) in [4.78, 5) is 15.4. The highest BCUT2D eigenvalue weighted by molar-refractivity contribution is 5.76. The molecule has 0 aromatic rings. The smallest absolute Gasteiger partial charge is 0.220 e. The largest absolute Gasteiger partial charge is 0.369 e. The van der Waals surface area contributed by atoms with E-state index in [4.69, 9.17) is 5.73 Å². The Labute approximate surface area is 106 Å². The number of nitrogens with two attached hydrogens (primary N) is 1. The van der Waals surface area contributed by atoms with Crippen LogP contribution in [0.25, 0.3) is 0 Å². The quantitative estimate of drug-likeness (QED) is 0.553. The summed E-state index contributed by atoms with van der Waals surface area (Å²) in [6.07, 6.45) is 8.37. The van der Waals surface area contributed by atoms with E-state index in [1.807, 2.05) is 0 Å². The van der Waals surface area contributed by atoms with Crippen LogP contribution in [-0.2, 0) is 4.79 Å². The highest BCUT2D eigenvalue weighted by Gasteiger charge is 2.16. The summed E-state index contributed by atoms with van der Waals surface area (Å²) in [7, 11) is 0. The van der Waals surface area contributed by atoms with Gasteiger partial charge in [-0.15, -0.1) is 0 Å². The van der Waals surface area contributed by atoms with Crippen molar-refractivity contribution in [2.75, 3.05) is 0 Å². The zero-order valence-corrected chi connectivity index (χ0v) is 11.5. The van der Waals surface area contributed by atoms with Gasteiger partial charge < -0.3 is 5.73 Å². The number of primary amides is 1. The van der Waals surface area contributed by atoms with Crippen molar-refractivity contribution in [2.24, 2.45) is 16.6 Å². The molecular weight excluding hydrogens is 212 g/mol. The fraction of sp³-hybridized carbons (Fsp3) is 0.857. The predicted molar refractivity (Wildman–Crippen MR) is 74.3 cm³/mol. The number of carbonyl (C=O) groups excluding carboxylic acids is 1. The molecule has 3 heteroatoms. The SMILES string of the molecule is C=NC(CCCC)CCC(CCCC)C(N)=O. The van der Waals surface area contributed by atoms with Crippen molar-refractivity contribution in [3.05, 3.63) is 0 Å². The third-order valence-corrected chi connectivity index (χ3v) is 3.31. The van der Waals surface area contributed by atoms with Gasteiger partial charge in [0.25, 0.3) is 0 Å². The van der Waals surface area contributed by atoms with Crippen LogP contribution in [0.4, 0.5) is 0 Å². The maximum Gasteiger partial charge on any atom is 0.220 e. The van der Waals surface area contributed by atoms with Crippen LogP contribution in [0.1, 0.15) is 65.2 Å². The van der Waals surface area contributed by atoms with E-state index in [-0.39, 0.29) is 11.8 Å². The molecule has 2 unspecified atom stereocenters. The zero-order chi connectivity index (χ0) is 13.1. The third kappa shape index (κ3) is 7.94. The number of nitrogens with zero attached hydrogens (tertiary/aromatic N) is 1. The number of aliphatic imine (C=N–C) groups is 1. The Kier molecular flexibility index (Phi) is 9.78. The second-order valence-corrected chi connectivity index (χ2v) is 4.80. The molecule has 0 fully saturated rings. The minimum Gasteiger partial charge on any atom is -0.369 e. The molecule has 3 nitrogen and oxygen atoms in total. The number of hydrogen-bond acceptors (Lipinski definition) is 2. The van der Waals surface area contributed by atoms with Gasteiger partial charge in [0.05, 0.1) is 0 Å². The minimum absolute atomic E-state index is 0.0285. The second-order valence-electron chi connectivity index (χ2n) is 4.80. The molecule has 0 saturated heterocycles. The molecule has 0 spiro atoms. The van der Waals surface area contributed by atoms with Gasteiger partial charge in [0.2, 0.25) is 5.91 Å². The first-order chi connectivity index (χ1) is 8.15. The third-order valence-electron chi connectivity index (χ3n) is 3.31. The Hall–Kier alpha value is -0.860. The lowest BCUT2D eigenvalue weighted by molar-refractivity contribution is -0.122. The molecule has 0 aromatic carbocycles. The molecule has 100 valence electrons. The molecule has 0 bridgehead atoms. The average molecular weight is 240 g/mol. The van der Waals surface area contributed by atoms with Crippen LogP contribution in [0.2, 0.25) is 0 Å². The Balaban J connectivity index is 3.99. The summed E-state index contributed by atoms with van der Waals surface area (Å²) in [6, 6.07) is 0.304. The molecule has 0 rings (SSSR count). The highest BCUT2D eigenvalue weighted by atomic mass is 16.1. The standard InChI is InChI=1S/C14H28N2O/c1-4-6-8-12(14(15)17)10-11-13(16-3)9-7-5-2/h12-13H,3-11H2,1-2H3,(H2,15,17). The normalized spacial score (nSPS) is 14.2. The van der Waals surface area contributed by atoms with Crippen molar-refractivity contribution in [1.82, 2.24) is 0 Å². The molecular formula is C14H28N2O. The highest BCUT2D eigenvalue weighted by Crippen LogP contribution is 2.19. The maximum atomic E-state index is 11.3. The topological polar surface area (TPSA) is 55.4 Å². The lowest BCUT2D eigenvalue weighted by atomic mass is 9.93. The number of rotatable bonds is 11. The van der Waals surface area contributed by atoms with E-state index in [0.29, 0.717) is 6.04 Å². The Bertz CT molecular complexity index is 216. The zero-order valence-electron chi connectivity index (χ0n) is 11.5. The number of amides is 1. The summed E-state index contributed by atoms with van der Waals surface area (Å²) < 4.78 is 0. The molecule has 0 heterocycles. The van der Waals surface area contributed by atoms with Gasteiger partial charge >= 0.3 is 0 Å². The molecule has 0 saturated carbocycles. The van der Waals surface area contributed by atoms with Gasteiger partial charge in [0, 0.05) is 12.0 Å². The fourth-order valence-electron chi connectivity index (χ4n) is 2.04. The van der Waals surface area contributed by atoms with Crippen molar-refractivity contribution in [3.8, 4) is 0 Å². The molecule has 17 heavy (non-hydrogen) atoms. The first-order valence-electron chi connectivity index (χ1n) is 6.90. The Morgan fingerprint density at radius 2 is 1.71 bits per heavy atom. The van der Waals surface area contributed by atoms with Crippen LogP contribution in [0.5, 0.6) is 0 Å². The van der Waals surface area contributed by atoms with Crippen molar-refractivity contribution in [2.45, 2.75) is 71.3 Å². The summed E-state index contributed by atoms with van der Waals surface area (Å²) in [5.41, 5.74) is 5.42. The molecule has 2 atom stereocenters. The summed E-state index contributed by atoms with van der Waals surface area (Å²) in [5.74, 6) is -0.127. The Morgan fingerprint density at radius 3 is 2.18 bits per heavy atom. The van der Waals surface area contributed by atoms with Gasteiger partial charge in [-0.3, -0.25) is 9.79 Å². The number of hydrogen-bond donors (Lipinski definition) is 1. The first kappa shape index (κ1) is 16.1. The van der Waals surface area contributed by atoms with Gasteiger partial charge in [0.1, 0.15) is 0 Å². The van der Waals surface area contributed by atoms with Gasteiger partial charge in [0.15, 0.2) is 0 Å². The first-order valence-corrected chi connectivity index (χ1v) is 6.90. The van der Waals surface area contributed by atoms with Crippen molar-refractivity contribution < 1.29 is 4.79 Å². The van der Waals surface area contributed by atoms with Crippen LogP contribution < -0.4 is 5.73 Å². The van der Waals surface area contributed by atoms with Crippen LogP contribution in [0.3, 0.4) is 0 Å². The minimum atomic E-state index is -0.156. The Morgan fingerprint density at radius 1 is 1.12 bits per heavy atom. The number of carbonyl (C=O) groups is 1. The lowest BCUT2D eigenvalue weighted by Crippen LogP contribution is -2.24. The molecule has 0 radical (unpaired) electrons. The molecule has 2 N–H and O–H groups in total. The second kappa shape index (κ2) is 10.3. The number of unbranched alkanes of at least 4 members (excludes halogenated alkanes) is 2. The fourth-order valence-corrected chi connectivity index (χ4v) is 2.04. The van der Waals surface area contributed by atoms with Crippen LogP contribution >= 0.6 is 0 Å². The summed E-state index contributed by atoms with van der Waals surface area (Å²) >= 11 is 0. The average Bonchev–Trinajstić information content (AvgIpc) is 2.32. The van der Waals surface area contributed by atoms with Gasteiger partial charge in [-0.25, -0.2) is 0 Å². The van der Waals surface area contributed by atoms with Gasteiger partial charge in [-0.2, -0.15) is 0 Å². The van der Waals surface area contributed by atoms with E-state index in [0.717, 1.165) is 38.5 Å². The van der Waals surface area contributed by atoms with Crippen LogP contribution in [0.15, 0.2) is 4.99 Å². The van der Waals surface area contributed by atoms with E-state index < -0.39 is 0 Å². The van der Waals surface area contributed by atoms with Crippen molar-refractivity contribution >= 4 is 12.6 Å². The van der Waals surface area contributed by atoms with E-state index in [1.54, 1.807) is 0 Å². The van der Waals surface area contributed by atoms with Gasteiger partial charge in [-0.1, -0.05) is 39.5 Å². The van der Waals surface area contributed by atoms with E-state index in [9.17, 15) is 4.79 Å². The molecule has 0 aliphatic heterocycles. The molecule has 0 aliphatic rings. The summed E-state index contributed by atoms with van der Waals surface area (Å²) in [6.45, 7) is 7.94. The van der Waals surface area contributed by atoms with Crippen LogP contribution in [0, 0.1) is 5.92 Å². The summed E-state index contributed by atoms with van der Waals surface area (Å²) in [5, 5.41) is 0. The van der Waals surface area contributed by atoms with Crippen molar-refractivity contribution in [1.29, 1.82) is 0 Å². The van der Waals surface area contributed by atoms with E-state index >= 15 is 0 Å². The van der Waals surface area contributed by atoms with E-state index in [1.165, 1.54) is 12.8 Å². The lowest BCUT2D eigenvalue weighted by Gasteiger charge is -2.16. The van der Waals surface area contributed by atoms with E-state index in [2.05, 4.69) is 25.6 Å². The predicted octanol–water partition coefficient (Wildman–Crippen LogP) is 3.32.